The number of methoxy groups -OCH3 is 1. The van der Waals surface area contributed by atoms with E-state index < -0.39 is 5.97 Å². The summed E-state index contributed by atoms with van der Waals surface area (Å²) in [4.78, 5) is 11.7. The lowest BCUT2D eigenvalue weighted by molar-refractivity contribution is 0.0597. The summed E-state index contributed by atoms with van der Waals surface area (Å²) in [5.41, 5.74) is 7.30. The molecule has 6 nitrogen and oxygen atoms in total. The van der Waals surface area contributed by atoms with Crippen molar-refractivity contribution in [2.24, 2.45) is 0 Å². The van der Waals surface area contributed by atoms with Crippen LogP contribution in [0.2, 0.25) is 0 Å². The number of aromatic nitrogens is 2. The summed E-state index contributed by atoms with van der Waals surface area (Å²) in [7, 11) is 1.31. The van der Waals surface area contributed by atoms with Crippen LogP contribution in [0.1, 0.15) is 22.8 Å². The predicted molar refractivity (Wildman–Crippen MR) is 74.4 cm³/mol. The lowest BCUT2D eigenvalue weighted by atomic mass is 10.1. The predicted octanol–water partition coefficient (Wildman–Crippen LogP) is 1.85. The standard InChI is InChI=1S/C14H17N3O3/c1-3-17-8-10(7-16-17)9-20-12-6-4-5-11(15)13(12)14(18)19-2/h4-8H,3,9,15H2,1-2H3. The van der Waals surface area contributed by atoms with Crippen molar-refractivity contribution in [2.75, 3.05) is 12.8 Å². The maximum atomic E-state index is 11.7. The van der Waals surface area contributed by atoms with Crippen LogP contribution in [0.25, 0.3) is 0 Å². The maximum Gasteiger partial charge on any atom is 0.343 e. The Kier molecular flexibility index (Phi) is 4.24. The van der Waals surface area contributed by atoms with Gasteiger partial charge in [0.05, 0.1) is 13.3 Å². The molecule has 0 atom stereocenters. The van der Waals surface area contributed by atoms with Gasteiger partial charge in [-0.3, -0.25) is 4.68 Å². The number of carbonyl (C=O) groups is 1. The number of rotatable bonds is 5. The van der Waals surface area contributed by atoms with Crippen LogP contribution < -0.4 is 10.5 Å². The Balaban J connectivity index is 2.16. The van der Waals surface area contributed by atoms with Crippen molar-refractivity contribution in [2.45, 2.75) is 20.1 Å². The summed E-state index contributed by atoms with van der Waals surface area (Å²) in [5, 5.41) is 4.16. The van der Waals surface area contributed by atoms with Crippen molar-refractivity contribution in [3.8, 4) is 5.75 Å². The second-order valence-corrected chi connectivity index (χ2v) is 4.20. The highest BCUT2D eigenvalue weighted by molar-refractivity contribution is 5.98. The van der Waals surface area contributed by atoms with Crippen molar-refractivity contribution in [1.29, 1.82) is 0 Å². The molecule has 20 heavy (non-hydrogen) atoms. The average molecular weight is 275 g/mol. The molecule has 0 bridgehead atoms. The van der Waals surface area contributed by atoms with Crippen molar-refractivity contribution < 1.29 is 14.3 Å². The molecule has 0 radical (unpaired) electrons. The van der Waals surface area contributed by atoms with E-state index in [1.54, 1.807) is 29.1 Å². The van der Waals surface area contributed by atoms with E-state index in [1.165, 1.54) is 7.11 Å². The van der Waals surface area contributed by atoms with Crippen molar-refractivity contribution >= 4 is 11.7 Å². The van der Waals surface area contributed by atoms with E-state index in [9.17, 15) is 4.79 Å². The molecule has 2 N–H and O–H groups in total. The number of esters is 1. The molecule has 0 saturated heterocycles. The lowest BCUT2D eigenvalue weighted by Gasteiger charge is -2.11. The van der Waals surface area contributed by atoms with Gasteiger partial charge in [-0.25, -0.2) is 4.79 Å². The van der Waals surface area contributed by atoms with Crippen molar-refractivity contribution in [3.63, 3.8) is 0 Å². The fourth-order valence-electron chi connectivity index (χ4n) is 1.80. The largest absolute Gasteiger partial charge is 0.488 e. The minimum absolute atomic E-state index is 0.248. The van der Waals surface area contributed by atoms with E-state index in [0.29, 0.717) is 18.0 Å². The number of nitrogen functional groups attached to an aromatic ring is 1. The molecule has 1 aromatic heterocycles. The van der Waals surface area contributed by atoms with Gasteiger partial charge in [0.1, 0.15) is 17.9 Å². The minimum atomic E-state index is -0.512. The first-order valence-corrected chi connectivity index (χ1v) is 6.26. The van der Waals surface area contributed by atoms with Crippen molar-refractivity contribution in [1.82, 2.24) is 9.78 Å². The lowest BCUT2D eigenvalue weighted by Crippen LogP contribution is -2.09. The Morgan fingerprint density at radius 3 is 2.90 bits per heavy atom. The average Bonchev–Trinajstić information content (AvgIpc) is 2.92. The number of benzene rings is 1. The van der Waals surface area contributed by atoms with E-state index >= 15 is 0 Å². The topological polar surface area (TPSA) is 79.4 Å². The van der Waals surface area contributed by atoms with Crippen LogP contribution in [0.3, 0.4) is 0 Å². The number of ether oxygens (including phenoxy) is 2. The van der Waals surface area contributed by atoms with E-state index in [-0.39, 0.29) is 5.56 Å². The molecule has 6 heteroatoms. The Morgan fingerprint density at radius 2 is 2.25 bits per heavy atom. The minimum Gasteiger partial charge on any atom is -0.488 e. The van der Waals surface area contributed by atoms with Gasteiger partial charge in [-0.15, -0.1) is 0 Å². The summed E-state index contributed by atoms with van der Waals surface area (Å²) in [6.45, 7) is 3.12. The molecule has 2 aromatic rings. The summed E-state index contributed by atoms with van der Waals surface area (Å²) in [5.74, 6) is -0.108. The summed E-state index contributed by atoms with van der Waals surface area (Å²) >= 11 is 0. The monoisotopic (exact) mass is 275 g/mol. The van der Waals surface area contributed by atoms with E-state index in [4.69, 9.17) is 15.2 Å². The number of nitrogens with zero attached hydrogens (tertiary/aromatic N) is 2. The molecule has 1 heterocycles. The fraction of sp³-hybridized carbons (Fsp3) is 0.286. The van der Waals surface area contributed by atoms with Gasteiger partial charge in [-0.05, 0) is 19.1 Å². The summed E-state index contributed by atoms with van der Waals surface area (Å²) in [6.07, 6.45) is 3.62. The van der Waals surface area contributed by atoms with Gasteiger partial charge in [0.2, 0.25) is 0 Å². The quantitative estimate of drug-likeness (QED) is 0.665. The SMILES string of the molecule is CCn1cc(COc2cccc(N)c2C(=O)OC)cn1. The number of aryl methyl sites for hydroxylation is 1. The van der Waals surface area contributed by atoms with Crippen molar-refractivity contribution in [3.05, 3.63) is 41.7 Å². The van der Waals surface area contributed by atoms with Crippen LogP contribution in [0.15, 0.2) is 30.6 Å². The van der Waals surface area contributed by atoms with Gasteiger partial charge in [0.25, 0.3) is 0 Å². The number of hydrogen-bond donors (Lipinski definition) is 1. The first kappa shape index (κ1) is 13.9. The van der Waals surface area contributed by atoms with Gasteiger partial charge in [-0.1, -0.05) is 6.07 Å². The summed E-state index contributed by atoms with van der Waals surface area (Å²) in [6, 6.07) is 5.05. The first-order chi connectivity index (χ1) is 9.65. The summed E-state index contributed by atoms with van der Waals surface area (Å²) < 4.78 is 12.2. The smallest absolute Gasteiger partial charge is 0.343 e. The van der Waals surface area contributed by atoms with Gasteiger partial charge < -0.3 is 15.2 Å². The highest BCUT2D eigenvalue weighted by atomic mass is 16.5. The third kappa shape index (κ3) is 2.90. The number of carbonyl (C=O) groups excluding carboxylic acids is 1. The van der Waals surface area contributed by atoms with Crippen LogP contribution in [0.5, 0.6) is 5.75 Å². The van der Waals surface area contributed by atoms with Gasteiger partial charge >= 0.3 is 5.97 Å². The molecule has 0 amide bonds. The highest BCUT2D eigenvalue weighted by Crippen LogP contribution is 2.26. The fourth-order valence-corrected chi connectivity index (χ4v) is 1.80. The zero-order valence-corrected chi connectivity index (χ0v) is 11.5. The van der Waals surface area contributed by atoms with Gasteiger partial charge in [0.15, 0.2) is 0 Å². The number of nitrogens with two attached hydrogens (primary N) is 1. The second-order valence-electron chi connectivity index (χ2n) is 4.20. The zero-order valence-electron chi connectivity index (χ0n) is 11.5. The van der Waals surface area contributed by atoms with Gasteiger partial charge in [0, 0.05) is 24.0 Å². The van der Waals surface area contributed by atoms with E-state index in [2.05, 4.69) is 5.10 Å². The maximum absolute atomic E-state index is 11.7. The van der Waals surface area contributed by atoms with Crippen LogP contribution >= 0.6 is 0 Å². The van der Waals surface area contributed by atoms with Gasteiger partial charge in [-0.2, -0.15) is 5.10 Å². The third-order valence-corrected chi connectivity index (χ3v) is 2.85. The number of hydrogen-bond acceptors (Lipinski definition) is 5. The molecule has 0 aliphatic rings. The zero-order chi connectivity index (χ0) is 14.5. The molecule has 0 fully saturated rings. The molecule has 0 saturated carbocycles. The highest BCUT2D eigenvalue weighted by Gasteiger charge is 2.16. The molecule has 0 aliphatic heterocycles. The van der Waals surface area contributed by atoms with Crippen LogP contribution in [-0.4, -0.2) is 22.9 Å². The normalized spacial score (nSPS) is 10.3. The van der Waals surface area contributed by atoms with Crippen LogP contribution in [0, 0.1) is 0 Å². The Labute approximate surface area is 117 Å². The molecule has 1 aromatic carbocycles. The number of anilines is 1. The molecular weight excluding hydrogens is 258 g/mol. The van der Waals surface area contributed by atoms with Crippen LogP contribution in [-0.2, 0) is 17.9 Å². The first-order valence-electron chi connectivity index (χ1n) is 6.26. The Hall–Kier alpha value is -2.50. The molecule has 0 aliphatic carbocycles. The second kappa shape index (κ2) is 6.10. The molecule has 0 spiro atoms. The molecule has 2 rings (SSSR count). The Morgan fingerprint density at radius 1 is 1.45 bits per heavy atom. The Bertz CT molecular complexity index is 607. The van der Waals surface area contributed by atoms with Crippen LogP contribution in [0.4, 0.5) is 5.69 Å². The van der Waals surface area contributed by atoms with E-state index in [1.807, 2.05) is 13.1 Å². The molecular formula is C14H17N3O3. The van der Waals surface area contributed by atoms with E-state index in [0.717, 1.165) is 12.1 Å². The third-order valence-electron chi connectivity index (χ3n) is 2.85. The molecule has 0 unspecified atom stereocenters. The molecule has 106 valence electrons.